The zero-order valence-electron chi connectivity index (χ0n) is 16.5. The van der Waals surface area contributed by atoms with Gasteiger partial charge in [0.25, 0.3) is 11.4 Å². The van der Waals surface area contributed by atoms with Gasteiger partial charge in [0, 0.05) is 17.8 Å². The maximum atomic E-state index is 11.4. The van der Waals surface area contributed by atoms with Crippen molar-refractivity contribution in [2.45, 2.75) is 52.4 Å². The van der Waals surface area contributed by atoms with E-state index in [2.05, 4.69) is 52.9 Å². The standard InChI is InChI=1S/C20H25N3O4/c1-19(2,3)13-10-14(20(4,5)6)12-15(11-13)21-18-16(22(24)25)8-7-9-17(18)23(26)27/h7-12,21H,1-6H3. The summed E-state index contributed by atoms with van der Waals surface area (Å²) in [5.74, 6) is 0. The van der Waals surface area contributed by atoms with Crippen LogP contribution < -0.4 is 5.32 Å². The Morgan fingerprint density at radius 3 is 1.52 bits per heavy atom. The van der Waals surface area contributed by atoms with Gasteiger partial charge in [0.1, 0.15) is 0 Å². The number of para-hydroxylation sites is 1. The summed E-state index contributed by atoms with van der Waals surface area (Å²) in [6, 6.07) is 9.71. The second-order valence-corrected chi connectivity index (χ2v) is 8.61. The molecule has 27 heavy (non-hydrogen) atoms. The molecule has 0 fully saturated rings. The third kappa shape index (κ3) is 4.61. The van der Waals surface area contributed by atoms with Gasteiger partial charge in [-0.1, -0.05) is 47.6 Å². The van der Waals surface area contributed by atoms with Crippen molar-refractivity contribution >= 4 is 22.7 Å². The first-order valence-electron chi connectivity index (χ1n) is 8.65. The number of nitro benzene ring substituents is 2. The summed E-state index contributed by atoms with van der Waals surface area (Å²) in [7, 11) is 0. The number of benzene rings is 2. The number of hydrogen-bond donors (Lipinski definition) is 1. The number of rotatable bonds is 4. The minimum Gasteiger partial charge on any atom is -0.344 e. The van der Waals surface area contributed by atoms with Crippen molar-refractivity contribution in [2.24, 2.45) is 0 Å². The highest BCUT2D eigenvalue weighted by Gasteiger charge is 2.26. The van der Waals surface area contributed by atoms with Gasteiger partial charge in [-0.25, -0.2) is 0 Å². The van der Waals surface area contributed by atoms with Gasteiger partial charge in [0.2, 0.25) is 0 Å². The molecular formula is C20H25N3O4. The van der Waals surface area contributed by atoms with Crippen LogP contribution in [0.15, 0.2) is 36.4 Å². The topological polar surface area (TPSA) is 98.3 Å². The molecule has 0 aliphatic rings. The summed E-state index contributed by atoms with van der Waals surface area (Å²) < 4.78 is 0. The first-order chi connectivity index (χ1) is 12.3. The minimum atomic E-state index is -0.617. The van der Waals surface area contributed by atoms with Crippen LogP contribution in [0.4, 0.5) is 22.7 Å². The van der Waals surface area contributed by atoms with Crippen LogP contribution in [-0.2, 0) is 10.8 Å². The molecule has 0 aliphatic carbocycles. The zero-order chi connectivity index (χ0) is 20.6. The van der Waals surface area contributed by atoms with Crippen LogP contribution in [0.5, 0.6) is 0 Å². The first kappa shape index (κ1) is 20.4. The Morgan fingerprint density at radius 1 is 0.778 bits per heavy atom. The predicted molar refractivity (Wildman–Crippen MR) is 107 cm³/mol. The lowest BCUT2D eigenvalue weighted by atomic mass is 9.80. The molecule has 7 nitrogen and oxygen atoms in total. The summed E-state index contributed by atoms with van der Waals surface area (Å²) in [4.78, 5) is 21.5. The van der Waals surface area contributed by atoms with Crippen LogP contribution in [0.25, 0.3) is 0 Å². The molecule has 0 aliphatic heterocycles. The van der Waals surface area contributed by atoms with Crippen LogP contribution in [-0.4, -0.2) is 9.85 Å². The van der Waals surface area contributed by atoms with E-state index in [1.165, 1.54) is 18.2 Å². The molecule has 1 N–H and O–H groups in total. The number of hydrogen-bond acceptors (Lipinski definition) is 5. The molecule has 0 aromatic heterocycles. The Balaban J connectivity index is 2.68. The van der Waals surface area contributed by atoms with Gasteiger partial charge in [-0.15, -0.1) is 0 Å². The van der Waals surface area contributed by atoms with Crippen LogP contribution in [0, 0.1) is 20.2 Å². The van der Waals surface area contributed by atoms with Crippen molar-refractivity contribution in [3.63, 3.8) is 0 Å². The fourth-order valence-corrected chi connectivity index (χ4v) is 2.67. The van der Waals surface area contributed by atoms with Gasteiger partial charge in [0.05, 0.1) is 9.85 Å². The Kier molecular flexibility index (Phi) is 5.26. The van der Waals surface area contributed by atoms with Gasteiger partial charge in [-0.3, -0.25) is 20.2 Å². The van der Waals surface area contributed by atoms with E-state index in [9.17, 15) is 20.2 Å². The van der Waals surface area contributed by atoms with Crippen molar-refractivity contribution in [1.29, 1.82) is 0 Å². The van der Waals surface area contributed by atoms with Crippen LogP contribution in [0.1, 0.15) is 52.7 Å². The average molecular weight is 371 g/mol. The maximum absolute atomic E-state index is 11.4. The molecule has 144 valence electrons. The van der Waals surface area contributed by atoms with E-state index in [4.69, 9.17) is 0 Å². The average Bonchev–Trinajstić information content (AvgIpc) is 2.52. The Bertz CT molecular complexity index is 829. The van der Waals surface area contributed by atoms with Crippen molar-refractivity contribution in [3.05, 3.63) is 67.8 Å². The van der Waals surface area contributed by atoms with Gasteiger partial charge in [-0.05, 0) is 40.2 Å². The normalized spacial score (nSPS) is 11.9. The molecule has 2 aromatic rings. The van der Waals surface area contributed by atoms with E-state index in [-0.39, 0.29) is 27.9 Å². The number of anilines is 2. The van der Waals surface area contributed by atoms with Crippen molar-refractivity contribution in [3.8, 4) is 0 Å². The second kappa shape index (κ2) is 6.98. The monoisotopic (exact) mass is 371 g/mol. The number of nitro groups is 2. The van der Waals surface area contributed by atoms with Crippen LogP contribution in [0.2, 0.25) is 0 Å². The van der Waals surface area contributed by atoms with Gasteiger partial charge in [0.15, 0.2) is 5.69 Å². The lowest BCUT2D eigenvalue weighted by Gasteiger charge is -2.26. The fraction of sp³-hybridized carbons (Fsp3) is 0.400. The quantitative estimate of drug-likeness (QED) is 0.537. The minimum absolute atomic E-state index is 0.113. The Morgan fingerprint density at radius 2 is 1.19 bits per heavy atom. The molecule has 0 atom stereocenters. The van der Waals surface area contributed by atoms with Crippen molar-refractivity contribution in [2.75, 3.05) is 5.32 Å². The summed E-state index contributed by atoms with van der Waals surface area (Å²) in [5, 5.41) is 25.7. The highest BCUT2D eigenvalue weighted by Crippen LogP contribution is 2.38. The molecule has 0 bridgehead atoms. The van der Waals surface area contributed by atoms with E-state index < -0.39 is 9.85 Å². The summed E-state index contributed by atoms with van der Waals surface area (Å²) in [5.41, 5.74) is 1.60. The van der Waals surface area contributed by atoms with Crippen molar-refractivity contribution < 1.29 is 9.85 Å². The highest BCUT2D eigenvalue weighted by molar-refractivity contribution is 5.79. The van der Waals surface area contributed by atoms with E-state index in [0.29, 0.717) is 5.69 Å². The van der Waals surface area contributed by atoms with Gasteiger partial charge < -0.3 is 5.32 Å². The second-order valence-electron chi connectivity index (χ2n) is 8.61. The molecule has 0 unspecified atom stereocenters. The molecule has 0 radical (unpaired) electrons. The zero-order valence-corrected chi connectivity index (χ0v) is 16.5. The SMILES string of the molecule is CC(C)(C)c1cc(Nc2c([N+](=O)[O-])cccc2[N+](=O)[O-])cc(C(C)(C)C)c1. The number of nitrogens with zero attached hydrogens (tertiary/aromatic N) is 2. The Labute approximate surface area is 158 Å². The third-order valence-electron chi connectivity index (χ3n) is 4.35. The molecular weight excluding hydrogens is 346 g/mol. The molecule has 7 heteroatoms. The molecule has 2 rings (SSSR count). The van der Waals surface area contributed by atoms with E-state index in [0.717, 1.165) is 11.1 Å². The largest absolute Gasteiger partial charge is 0.344 e. The maximum Gasteiger partial charge on any atom is 0.299 e. The molecule has 0 spiro atoms. The molecule has 0 saturated heterocycles. The lowest BCUT2D eigenvalue weighted by Crippen LogP contribution is -2.17. The smallest absolute Gasteiger partial charge is 0.299 e. The highest BCUT2D eigenvalue weighted by atomic mass is 16.6. The van der Waals surface area contributed by atoms with Crippen LogP contribution in [0.3, 0.4) is 0 Å². The molecule has 0 heterocycles. The van der Waals surface area contributed by atoms with Gasteiger partial charge >= 0.3 is 0 Å². The van der Waals surface area contributed by atoms with E-state index in [1.54, 1.807) is 0 Å². The van der Waals surface area contributed by atoms with Gasteiger partial charge in [-0.2, -0.15) is 0 Å². The predicted octanol–water partition coefficient (Wildman–Crippen LogP) is 5.84. The lowest BCUT2D eigenvalue weighted by molar-refractivity contribution is -0.392. The van der Waals surface area contributed by atoms with E-state index in [1.807, 2.05) is 12.1 Å². The number of nitrogens with one attached hydrogen (secondary N) is 1. The molecule has 2 aromatic carbocycles. The Hall–Kier alpha value is -2.96. The molecule has 0 saturated carbocycles. The third-order valence-corrected chi connectivity index (χ3v) is 4.35. The first-order valence-corrected chi connectivity index (χ1v) is 8.65. The van der Waals surface area contributed by atoms with Crippen LogP contribution >= 0.6 is 0 Å². The summed E-state index contributed by atoms with van der Waals surface area (Å²) >= 11 is 0. The molecule has 0 amide bonds. The summed E-state index contributed by atoms with van der Waals surface area (Å²) in [6.45, 7) is 12.5. The van der Waals surface area contributed by atoms with E-state index >= 15 is 0 Å². The summed E-state index contributed by atoms with van der Waals surface area (Å²) in [6.07, 6.45) is 0. The van der Waals surface area contributed by atoms with Crippen molar-refractivity contribution in [1.82, 2.24) is 0 Å². The fourth-order valence-electron chi connectivity index (χ4n) is 2.67.